The SMILES string of the molecule is CC(=O)O[C@H](CCc1cc(CN2CCCC2=O)c(O)c(OC2CCCC2)c1)C[C@@H](O)CCCCCCCc1ccccc1. The normalized spacial score (nSPS) is 16.9. The van der Waals surface area contributed by atoms with Gasteiger partial charge < -0.3 is 24.6 Å². The zero-order valence-electron chi connectivity index (χ0n) is 26.0. The van der Waals surface area contributed by atoms with E-state index in [-0.39, 0.29) is 23.7 Å². The van der Waals surface area contributed by atoms with E-state index in [4.69, 9.17) is 9.47 Å². The lowest BCUT2D eigenvalue weighted by Gasteiger charge is -2.22. The highest BCUT2D eigenvalue weighted by molar-refractivity contribution is 5.78. The highest BCUT2D eigenvalue weighted by Gasteiger charge is 2.25. The van der Waals surface area contributed by atoms with Crippen molar-refractivity contribution in [3.63, 3.8) is 0 Å². The molecule has 0 spiro atoms. The first-order chi connectivity index (χ1) is 20.9. The van der Waals surface area contributed by atoms with Gasteiger partial charge in [-0.2, -0.15) is 0 Å². The number of aliphatic hydroxyl groups is 1. The summed E-state index contributed by atoms with van der Waals surface area (Å²) in [5.74, 6) is 0.347. The van der Waals surface area contributed by atoms with E-state index < -0.39 is 12.2 Å². The molecule has 1 aliphatic carbocycles. The molecule has 2 aromatic rings. The lowest BCUT2D eigenvalue weighted by molar-refractivity contribution is -0.148. The van der Waals surface area contributed by atoms with Crippen molar-refractivity contribution in [3.8, 4) is 11.5 Å². The van der Waals surface area contributed by atoms with Gasteiger partial charge in [-0.05, 0) is 81.4 Å². The van der Waals surface area contributed by atoms with Crippen molar-refractivity contribution < 1.29 is 29.3 Å². The fraction of sp³-hybridized carbons (Fsp3) is 0.611. The Morgan fingerprint density at radius 3 is 2.42 bits per heavy atom. The van der Waals surface area contributed by atoms with Gasteiger partial charge in [-0.3, -0.25) is 9.59 Å². The van der Waals surface area contributed by atoms with Gasteiger partial charge in [0.25, 0.3) is 0 Å². The van der Waals surface area contributed by atoms with Gasteiger partial charge in [-0.25, -0.2) is 0 Å². The van der Waals surface area contributed by atoms with Crippen LogP contribution in [-0.4, -0.2) is 51.8 Å². The molecule has 1 saturated heterocycles. The van der Waals surface area contributed by atoms with Gasteiger partial charge in [0.15, 0.2) is 11.5 Å². The van der Waals surface area contributed by atoms with Crippen LogP contribution in [0.2, 0.25) is 0 Å². The molecule has 2 aliphatic rings. The third kappa shape index (κ3) is 11.2. The maximum atomic E-state index is 12.3. The molecule has 1 saturated carbocycles. The van der Waals surface area contributed by atoms with Crippen molar-refractivity contribution in [1.82, 2.24) is 4.90 Å². The summed E-state index contributed by atoms with van der Waals surface area (Å²) in [6.07, 6.45) is 13.7. The number of nitrogens with zero attached hydrogens (tertiary/aromatic N) is 1. The van der Waals surface area contributed by atoms with Crippen molar-refractivity contribution in [2.75, 3.05) is 6.54 Å². The Hall–Kier alpha value is -3.06. The van der Waals surface area contributed by atoms with Gasteiger partial charge in [0.05, 0.1) is 12.2 Å². The Kier molecular flexibility index (Phi) is 13.2. The summed E-state index contributed by atoms with van der Waals surface area (Å²) < 4.78 is 11.9. The number of carbonyl (C=O) groups excluding carboxylic acids is 2. The molecular weight excluding hydrogens is 542 g/mol. The average Bonchev–Trinajstić information content (AvgIpc) is 3.65. The number of rotatable bonds is 18. The molecule has 7 nitrogen and oxygen atoms in total. The predicted molar refractivity (Wildman–Crippen MR) is 168 cm³/mol. The lowest BCUT2D eigenvalue weighted by atomic mass is 9.97. The minimum atomic E-state index is -0.522. The van der Waals surface area contributed by atoms with Gasteiger partial charge >= 0.3 is 5.97 Å². The fourth-order valence-electron chi connectivity index (χ4n) is 6.44. The fourth-order valence-corrected chi connectivity index (χ4v) is 6.44. The molecule has 2 atom stereocenters. The van der Waals surface area contributed by atoms with Gasteiger partial charge in [-0.1, -0.05) is 62.1 Å². The number of likely N-dealkylation sites (tertiary alicyclic amines) is 1. The number of aliphatic hydroxyl groups excluding tert-OH is 1. The van der Waals surface area contributed by atoms with E-state index in [2.05, 4.69) is 24.3 Å². The van der Waals surface area contributed by atoms with Crippen LogP contribution in [0.15, 0.2) is 42.5 Å². The Bertz CT molecular complexity index is 1150. The number of ether oxygens (including phenoxy) is 2. The van der Waals surface area contributed by atoms with E-state index in [1.165, 1.54) is 25.3 Å². The van der Waals surface area contributed by atoms with E-state index in [0.717, 1.165) is 63.4 Å². The number of amides is 1. The minimum Gasteiger partial charge on any atom is -0.504 e. The number of phenolic OH excluding ortho intramolecular Hbond substituents is 1. The highest BCUT2D eigenvalue weighted by Crippen LogP contribution is 2.37. The first-order valence-corrected chi connectivity index (χ1v) is 16.6. The third-order valence-electron chi connectivity index (χ3n) is 8.81. The topological polar surface area (TPSA) is 96.3 Å². The van der Waals surface area contributed by atoms with Crippen LogP contribution in [0.3, 0.4) is 0 Å². The maximum Gasteiger partial charge on any atom is 0.302 e. The van der Waals surface area contributed by atoms with Crippen molar-refractivity contribution in [2.45, 2.75) is 135 Å². The number of aromatic hydroxyl groups is 1. The number of aryl methyl sites for hydroxylation is 2. The number of hydrogen-bond acceptors (Lipinski definition) is 6. The molecule has 0 radical (unpaired) electrons. The van der Waals surface area contributed by atoms with Crippen molar-refractivity contribution in [1.29, 1.82) is 0 Å². The van der Waals surface area contributed by atoms with Crippen LogP contribution >= 0.6 is 0 Å². The first kappa shape index (κ1) is 32.8. The van der Waals surface area contributed by atoms with Crippen molar-refractivity contribution in [2.24, 2.45) is 0 Å². The maximum absolute atomic E-state index is 12.3. The number of hydrogen-bond donors (Lipinski definition) is 2. The highest BCUT2D eigenvalue weighted by atomic mass is 16.5. The number of phenols is 1. The first-order valence-electron chi connectivity index (χ1n) is 16.6. The van der Waals surface area contributed by atoms with Gasteiger partial charge in [0, 0.05) is 38.4 Å². The van der Waals surface area contributed by atoms with Crippen LogP contribution in [0.1, 0.15) is 114 Å². The molecule has 2 aromatic carbocycles. The van der Waals surface area contributed by atoms with Gasteiger partial charge in [0.2, 0.25) is 5.91 Å². The second-order valence-corrected chi connectivity index (χ2v) is 12.5. The summed E-state index contributed by atoms with van der Waals surface area (Å²) in [6.45, 7) is 2.47. The quantitative estimate of drug-likeness (QED) is 0.142. The molecule has 7 heteroatoms. The molecule has 1 aliphatic heterocycles. The van der Waals surface area contributed by atoms with Crippen LogP contribution in [-0.2, 0) is 33.7 Å². The molecule has 0 aromatic heterocycles. The molecule has 1 amide bonds. The van der Waals surface area contributed by atoms with E-state index >= 15 is 0 Å². The summed E-state index contributed by atoms with van der Waals surface area (Å²) in [5, 5.41) is 21.8. The Labute approximate surface area is 257 Å². The zero-order chi connectivity index (χ0) is 30.4. The minimum absolute atomic E-state index is 0.0928. The van der Waals surface area contributed by atoms with Gasteiger partial charge in [0.1, 0.15) is 6.10 Å². The number of esters is 1. The summed E-state index contributed by atoms with van der Waals surface area (Å²) in [4.78, 5) is 26.0. The Balaban J connectivity index is 1.28. The van der Waals surface area contributed by atoms with Crippen molar-refractivity contribution >= 4 is 11.9 Å². The predicted octanol–water partition coefficient (Wildman–Crippen LogP) is 7.03. The third-order valence-corrected chi connectivity index (χ3v) is 8.81. The summed E-state index contributed by atoms with van der Waals surface area (Å²) in [5.41, 5.74) is 3.04. The molecule has 4 rings (SSSR count). The number of carbonyl (C=O) groups is 2. The Morgan fingerprint density at radius 1 is 0.953 bits per heavy atom. The molecule has 2 N–H and O–H groups in total. The monoisotopic (exact) mass is 593 g/mol. The Morgan fingerprint density at radius 2 is 1.70 bits per heavy atom. The van der Waals surface area contributed by atoms with E-state index in [9.17, 15) is 19.8 Å². The summed E-state index contributed by atoms with van der Waals surface area (Å²) >= 11 is 0. The van der Waals surface area contributed by atoms with E-state index in [1.54, 1.807) is 4.90 Å². The largest absolute Gasteiger partial charge is 0.504 e. The molecule has 2 fully saturated rings. The van der Waals surface area contributed by atoms with E-state index in [1.807, 2.05) is 18.2 Å². The van der Waals surface area contributed by atoms with Gasteiger partial charge in [-0.15, -0.1) is 0 Å². The molecular formula is C36H51NO6. The van der Waals surface area contributed by atoms with Crippen LogP contribution in [0.25, 0.3) is 0 Å². The van der Waals surface area contributed by atoms with Crippen LogP contribution in [0.5, 0.6) is 11.5 Å². The second-order valence-electron chi connectivity index (χ2n) is 12.5. The lowest BCUT2D eigenvalue weighted by Crippen LogP contribution is -2.24. The smallest absolute Gasteiger partial charge is 0.302 e. The molecule has 236 valence electrons. The molecule has 0 unspecified atom stereocenters. The zero-order valence-corrected chi connectivity index (χ0v) is 26.0. The van der Waals surface area contributed by atoms with Crippen LogP contribution in [0, 0.1) is 0 Å². The second kappa shape index (κ2) is 17.3. The van der Waals surface area contributed by atoms with Crippen molar-refractivity contribution in [3.05, 3.63) is 59.2 Å². The van der Waals surface area contributed by atoms with Crippen LogP contribution < -0.4 is 4.74 Å². The standard InChI is InChI=1S/C36H51NO6/c1-27(38)42-33(25-31(39)16-9-4-2-3-6-13-28-14-7-5-8-15-28)21-20-29-23-30(26-37-22-12-19-35(37)40)36(41)34(24-29)43-32-17-10-11-18-32/h5,7-8,14-15,23-24,31-33,39,41H,2-4,6,9-13,16-22,25-26H2,1H3/t31-,33+/m0/s1. The summed E-state index contributed by atoms with van der Waals surface area (Å²) in [7, 11) is 0. The molecule has 1 heterocycles. The average molecular weight is 594 g/mol. The molecule has 0 bridgehead atoms. The number of unbranched alkanes of at least 4 members (excludes halogenated alkanes) is 4. The van der Waals surface area contributed by atoms with E-state index in [0.29, 0.717) is 56.5 Å². The van der Waals surface area contributed by atoms with Crippen LogP contribution in [0.4, 0.5) is 0 Å². The molecule has 43 heavy (non-hydrogen) atoms. The summed E-state index contributed by atoms with van der Waals surface area (Å²) in [6, 6.07) is 14.4. The number of benzene rings is 2.